The van der Waals surface area contributed by atoms with Crippen LogP contribution in [0.1, 0.15) is 22.8 Å². The smallest absolute Gasteiger partial charge is 0.354 e. The molecule has 1 amide bonds. The average molecular weight is 316 g/mol. The number of aliphatic carboxylic acids is 1. The summed E-state index contributed by atoms with van der Waals surface area (Å²) in [4.78, 5) is 26.9. The van der Waals surface area contributed by atoms with E-state index in [0.717, 1.165) is 5.56 Å². The van der Waals surface area contributed by atoms with Gasteiger partial charge in [-0.2, -0.15) is 15.0 Å². The van der Waals surface area contributed by atoms with E-state index in [9.17, 15) is 14.7 Å². The van der Waals surface area contributed by atoms with Crippen molar-refractivity contribution in [2.45, 2.75) is 26.1 Å². The second-order valence-electron chi connectivity index (χ2n) is 5.42. The first-order chi connectivity index (χ1) is 11.0. The molecule has 8 nitrogen and oxygen atoms in total. The second kappa shape index (κ2) is 5.81. The van der Waals surface area contributed by atoms with Gasteiger partial charge in [-0.15, -0.1) is 0 Å². The van der Waals surface area contributed by atoms with Gasteiger partial charge < -0.3 is 9.84 Å². The zero-order chi connectivity index (χ0) is 16.6. The Labute approximate surface area is 132 Å². The fraction of sp³-hybridized carbons (Fsp3) is 0.333. The van der Waals surface area contributed by atoms with Crippen molar-refractivity contribution in [3.05, 3.63) is 41.7 Å². The minimum atomic E-state index is -1.28. The van der Waals surface area contributed by atoms with Crippen LogP contribution in [-0.2, 0) is 9.53 Å². The van der Waals surface area contributed by atoms with E-state index in [1.165, 1.54) is 22.1 Å². The van der Waals surface area contributed by atoms with Gasteiger partial charge >= 0.3 is 5.97 Å². The molecule has 2 aromatic rings. The number of carboxylic acid groups (broad SMARTS) is 1. The van der Waals surface area contributed by atoms with Gasteiger partial charge in [0.1, 0.15) is 0 Å². The van der Waals surface area contributed by atoms with Crippen LogP contribution in [0.5, 0.6) is 0 Å². The van der Waals surface area contributed by atoms with E-state index >= 15 is 0 Å². The summed E-state index contributed by atoms with van der Waals surface area (Å²) < 4.78 is 5.21. The Bertz CT molecular complexity index is 744. The van der Waals surface area contributed by atoms with Crippen molar-refractivity contribution < 1.29 is 19.4 Å². The van der Waals surface area contributed by atoms with Crippen molar-refractivity contribution in [2.24, 2.45) is 0 Å². The maximum absolute atomic E-state index is 13.0. The third-order valence-corrected chi connectivity index (χ3v) is 3.69. The summed E-state index contributed by atoms with van der Waals surface area (Å²) >= 11 is 0. The third-order valence-electron chi connectivity index (χ3n) is 3.69. The van der Waals surface area contributed by atoms with Crippen LogP contribution in [0.25, 0.3) is 5.69 Å². The zero-order valence-electron chi connectivity index (χ0n) is 12.7. The SMILES string of the molecule is Cc1ccc(-n2nccn2)c(C(=O)N2C(C(=O)O)OC[C@@H]2C)c1. The summed E-state index contributed by atoms with van der Waals surface area (Å²) in [5.41, 5.74) is 1.71. The number of amides is 1. The van der Waals surface area contributed by atoms with Crippen LogP contribution in [0.15, 0.2) is 30.6 Å². The van der Waals surface area contributed by atoms with Gasteiger partial charge in [0.2, 0.25) is 6.23 Å². The van der Waals surface area contributed by atoms with Gasteiger partial charge in [-0.3, -0.25) is 9.69 Å². The average Bonchev–Trinajstić information content (AvgIpc) is 3.16. The minimum Gasteiger partial charge on any atom is -0.478 e. The van der Waals surface area contributed by atoms with Crippen LogP contribution in [0, 0.1) is 6.92 Å². The molecule has 3 rings (SSSR count). The molecule has 1 saturated heterocycles. The lowest BCUT2D eigenvalue weighted by Gasteiger charge is -2.24. The first-order valence-corrected chi connectivity index (χ1v) is 7.13. The molecular formula is C15H16N4O4. The summed E-state index contributed by atoms with van der Waals surface area (Å²) in [5, 5.41) is 17.3. The molecule has 0 saturated carbocycles. The number of aromatic nitrogens is 3. The Hall–Kier alpha value is -2.74. The Balaban J connectivity index is 2.05. The van der Waals surface area contributed by atoms with Gasteiger partial charge in [-0.05, 0) is 26.0 Å². The molecule has 8 heteroatoms. The van der Waals surface area contributed by atoms with Gasteiger partial charge in [-0.25, -0.2) is 4.79 Å². The number of benzene rings is 1. The summed E-state index contributed by atoms with van der Waals surface area (Å²) in [6.07, 6.45) is 1.74. The van der Waals surface area contributed by atoms with Crippen LogP contribution in [0.3, 0.4) is 0 Å². The van der Waals surface area contributed by atoms with E-state index in [1.54, 1.807) is 19.1 Å². The quantitative estimate of drug-likeness (QED) is 0.901. The Morgan fingerprint density at radius 1 is 1.30 bits per heavy atom. The number of rotatable bonds is 3. The number of nitrogens with zero attached hydrogens (tertiary/aromatic N) is 4. The predicted molar refractivity (Wildman–Crippen MR) is 79.1 cm³/mol. The van der Waals surface area contributed by atoms with Gasteiger partial charge in [0.15, 0.2) is 0 Å². The highest BCUT2D eigenvalue weighted by Gasteiger charge is 2.41. The fourth-order valence-electron chi connectivity index (χ4n) is 2.59. The van der Waals surface area contributed by atoms with Crippen LogP contribution in [0.2, 0.25) is 0 Å². The van der Waals surface area contributed by atoms with Crippen molar-refractivity contribution in [1.29, 1.82) is 0 Å². The molecule has 2 atom stereocenters. The Morgan fingerprint density at radius 2 is 2.00 bits per heavy atom. The largest absolute Gasteiger partial charge is 0.478 e. The molecule has 2 heterocycles. The molecule has 0 bridgehead atoms. The number of hydrogen-bond donors (Lipinski definition) is 1. The molecule has 1 N–H and O–H groups in total. The standard InChI is InChI=1S/C15H16N4O4/c1-9-3-4-12(19-16-5-6-17-19)11(7-9)13(20)18-10(2)8-23-14(18)15(21)22/h3-7,10,14H,8H2,1-2H3,(H,21,22)/t10-,14?/m0/s1. The molecule has 120 valence electrons. The number of carboxylic acids is 1. The van der Waals surface area contributed by atoms with Crippen molar-refractivity contribution in [1.82, 2.24) is 19.9 Å². The molecule has 0 radical (unpaired) electrons. The minimum absolute atomic E-state index is 0.184. The first-order valence-electron chi connectivity index (χ1n) is 7.13. The lowest BCUT2D eigenvalue weighted by Crippen LogP contribution is -2.45. The van der Waals surface area contributed by atoms with E-state index in [-0.39, 0.29) is 12.6 Å². The highest BCUT2D eigenvalue weighted by molar-refractivity contribution is 6.00. The molecule has 1 aliphatic heterocycles. The molecule has 1 aromatic carbocycles. The van der Waals surface area contributed by atoms with Gasteiger partial charge in [-0.1, -0.05) is 11.6 Å². The number of aryl methyl sites for hydroxylation is 1. The van der Waals surface area contributed by atoms with Gasteiger partial charge in [0.25, 0.3) is 5.91 Å². The van der Waals surface area contributed by atoms with E-state index in [2.05, 4.69) is 10.2 Å². The van der Waals surface area contributed by atoms with Gasteiger partial charge in [0, 0.05) is 0 Å². The molecule has 0 aliphatic carbocycles. The monoisotopic (exact) mass is 316 g/mol. The van der Waals surface area contributed by atoms with Gasteiger partial charge in [0.05, 0.1) is 36.3 Å². The van der Waals surface area contributed by atoms with Crippen molar-refractivity contribution in [3.63, 3.8) is 0 Å². The van der Waals surface area contributed by atoms with Crippen LogP contribution in [-0.4, -0.2) is 55.8 Å². The van der Waals surface area contributed by atoms with E-state index in [0.29, 0.717) is 11.3 Å². The molecule has 1 fully saturated rings. The topological polar surface area (TPSA) is 97.6 Å². The van der Waals surface area contributed by atoms with Crippen LogP contribution >= 0.6 is 0 Å². The predicted octanol–water partition coefficient (Wildman–Crippen LogP) is 0.847. The van der Waals surface area contributed by atoms with Crippen LogP contribution < -0.4 is 0 Å². The van der Waals surface area contributed by atoms with Crippen molar-refractivity contribution in [2.75, 3.05) is 6.61 Å². The number of hydrogen-bond acceptors (Lipinski definition) is 5. The van der Waals surface area contributed by atoms with Crippen molar-refractivity contribution in [3.8, 4) is 5.69 Å². The number of carbonyl (C=O) groups excluding carboxylic acids is 1. The van der Waals surface area contributed by atoms with E-state index in [1.807, 2.05) is 13.0 Å². The molecule has 1 unspecified atom stereocenters. The molecule has 1 aromatic heterocycles. The summed E-state index contributed by atoms with van der Waals surface area (Å²) in [7, 11) is 0. The highest BCUT2D eigenvalue weighted by Crippen LogP contribution is 2.24. The van der Waals surface area contributed by atoms with E-state index < -0.39 is 18.1 Å². The summed E-state index contributed by atoms with van der Waals surface area (Å²) in [5.74, 6) is -1.60. The summed E-state index contributed by atoms with van der Waals surface area (Å²) in [6.45, 7) is 3.79. The zero-order valence-corrected chi connectivity index (χ0v) is 12.7. The first kappa shape index (κ1) is 15.2. The normalized spacial score (nSPS) is 20.7. The highest BCUT2D eigenvalue weighted by atomic mass is 16.5. The lowest BCUT2D eigenvalue weighted by atomic mass is 10.1. The third kappa shape index (κ3) is 2.68. The fourth-order valence-corrected chi connectivity index (χ4v) is 2.59. The lowest BCUT2D eigenvalue weighted by molar-refractivity contribution is -0.153. The Kier molecular flexibility index (Phi) is 3.83. The number of ether oxygens (including phenoxy) is 1. The Morgan fingerprint density at radius 3 is 2.65 bits per heavy atom. The molecule has 23 heavy (non-hydrogen) atoms. The van der Waals surface area contributed by atoms with E-state index in [4.69, 9.17) is 4.74 Å². The second-order valence-corrected chi connectivity index (χ2v) is 5.42. The van der Waals surface area contributed by atoms with Crippen molar-refractivity contribution >= 4 is 11.9 Å². The summed E-state index contributed by atoms with van der Waals surface area (Å²) in [6, 6.07) is 4.95. The maximum Gasteiger partial charge on any atom is 0.354 e. The van der Waals surface area contributed by atoms with Crippen LogP contribution in [0.4, 0.5) is 0 Å². The molecular weight excluding hydrogens is 300 g/mol. The number of carbonyl (C=O) groups is 2. The maximum atomic E-state index is 13.0. The molecule has 1 aliphatic rings. The molecule has 0 spiro atoms.